The first-order chi connectivity index (χ1) is 8.44. The van der Waals surface area contributed by atoms with Crippen LogP contribution in [0, 0.1) is 11.3 Å². The summed E-state index contributed by atoms with van der Waals surface area (Å²) in [6.45, 7) is 8.65. The predicted octanol–water partition coefficient (Wildman–Crippen LogP) is 3.02. The summed E-state index contributed by atoms with van der Waals surface area (Å²) in [4.78, 5) is 0. The van der Waals surface area contributed by atoms with Crippen LogP contribution in [0.2, 0.25) is 0 Å². The predicted molar refractivity (Wildman–Crippen MR) is 74.2 cm³/mol. The molecule has 2 unspecified atom stereocenters. The molecule has 0 saturated heterocycles. The summed E-state index contributed by atoms with van der Waals surface area (Å²) in [7, 11) is 0. The lowest BCUT2D eigenvalue weighted by atomic mass is 9.97. The molecule has 3 N–H and O–H groups in total. The molecule has 2 atom stereocenters. The highest BCUT2D eigenvalue weighted by molar-refractivity contribution is 5.32. The first-order valence-corrected chi connectivity index (χ1v) is 6.67. The van der Waals surface area contributed by atoms with Gasteiger partial charge >= 0.3 is 0 Å². The standard InChI is InChI=1S/C15H24N2O/c1-10(2)18-12-7-5-6-11(8-12)14(17-16)13-9-15(13,3)4/h5-8,10,13-14,17H,9,16H2,1-4H3. The van der Waals surface area contributed by atoms with Gasteiger partial charge in [-0.25, -0.2) is 0 Å². The Morgan fingerprint density at radius 2 is 2.06 bits per heavy atom. The van der Waals surface area contributed by atoms with Crippen LogP contribution in [0.25, 0.3) is 0 Å². The van der Waals surface area contributed by atoms with Crippen molar-refractivity contribution < 1.29 is 4.74 Å². The van der Waals surface area contributed by atoms with Gasteiger partial charge in [0.25, 0.3) is 0 Å². The molecule has 2 rings (SSSR count). The molecule has 1 fully saturated rings. The summed E-state index contributed by atoms with van der Waals surface area (Å²) >= 11 is 0. The highest BCUT2D eigenvalue weighted by atomic mass is 16.5. The van der Waals surface area contributed by atoms with Crippen LogP contribution in [0.3, 0.4) is 0 Å². The molecule has 3 nitrogen and oxygen atoms in total. The van der Waals surface area contributed by atoms with Crippen LogP contribution in [0.5, 0.6) is 5.75 Å². The average Bonchev–Trinajstić information content (AvgIpc) is 2.88. The Bertz CT molecular complexity index is 415. The third-order valence-electron chi connectivity index (χ3n) is 3.76. The fourth-order valence-electron chi connectivity index (χ4n) is 2.58. The topological polar surface area (TPSA) is 47.3 Å². The number of nitrogens with one attached hydrogen (secondary N) is 1. The average molecular weight is 248 g/mol. The Kier molecular flexibility index (Phi) is 3.64. The third kappa shape index (κ3) is 2.85. The Labute approximate surface area is 110 Å². The van der Waals surface area contributed by atoms with Gasteiger partial charge in [0.05, 0.1) is 6.10 Å². The maximum absolute atomic E-state index is 5.73. The van der Waals surface area contributed by atoms with Crippen LogP contribution in [-0.2, 0) is 0 Å². The number of nitrogens with two attached hydrogens (primary N) is 1. The zero-order valence-corrected chi connectivity index (χ0v) is 11.7. The molecule has 1 aliphatic carbocycles. The molecule has 0 spiro atoms. The second-order valence-electron chi connectivity index (χ2n) is 6.18. The van der Waals surface area contributed by atoms with Crippen molar-refractivity contribution in [1.82, 2.24) is 5.43 Å². The van der Waals surface area contributed by atoms with Crippen LogP contribution in [-0.4, -0.2) is 6.10 Å². The van der Waals surface area contributed by atoms with E-state index in [1.165, 1.54) is 12.0 Å². The van der Waals surface area contributed by atoms with E-state index in [-0.39, 0.29) is 12.1 Å². The molecule has 100 valence electrons. The molecular weight excluding hydrogens is 224 g/mol. The number of hydrazine groups is 1. The van der Waals surface area contributed by atoms with Crippen LogP contribution < -0.4 is 16.0 Å². The molecule has 1 aromatic carbocycles. The van der Waals surface area contributed by atoms with E-state index in [9.17, 15) is 0 Å². The highest BCUT2D eigenvalue weighted by Crippen LogP contribution is 2.57. The van der Waals surface area contributed by atoms with Gasteiger partial charge in [-0.3, -0.25) is 11.3 Å². The van der Waals surface area contributed by atoms with E-state index in [0.717, 1.165) is 5.75 Å². The Hall–Kier alpha value is -1.06. The van der Waals surface area contributed by atoms with E-state index < -0.39 is 0 Å². The summed E-state index contributed by atoms with van der Waals surface area (Å²) in [6, 6.07) is 8.46. The minimum Gasteiger partial charge on any atom is -0.491 e. The summed E-state index contributed by atoms with van der Waals surface area (Å²) in [5, 5.41) is 0. The lowest BCUT2D eigenvalue weighted by Crippen LogP contribution is -2.30. The smallest absolute Gasteiger partial charge is 0.120 e. The molecule has 3 heteroatoms. The Morgan fingerprint density at radius 3 is 2.56 bits per heavy atom. The quantitative estimate of drug-likeness (QED) is 0.622. The van der Waals surface area contributed by atoms with Crippen molar-refractivity contribution in [2.75, 3.05) is 0 Å². The molecule has 1 aliphatic rings. The van der Waals surface area contributed by atoms with E-state index in [1.54, 1.807) is 0 Å². The van der Waals surface area contributed by atoms with Crippen LogP contribution >= 0.6 is 0 Å². The summed E-state index contributed by atoms with van der Waals surface area (Å²) in [6.07, 6.45) is 1.42. The van der Waals surface area contributed by atoms with Gasteiger partial charge in [0.1, 0.15) is 5.75 Å². The van der Waals surface area contributed by atoms with Gasteiger partial charge in [0.15, 0.2) is 0 Å². The molecule has 0 amide bonds. The molecule has 0 bridgehead atoms. The molecule has 1 aromatic rings. The molecule has 0 radical (unpaired) electrons. The Balaban J connectivity index is 2.16. The normalized spacial score (nSPS) is 22.9. The van der Waals surface area contributed by atoms with E-state index in [2.05, 4.69) is 31.4 Å². The Morgan fingerprint density at radius 1 is 1.39 bits per heavy atom. The second-order valence-corrected chi connectivity index (χ2v) is 6.18. The number of hydrogen-bond donors (Lipinski definition) is 2. The number of ether oxygens (including phenoxy) is 1. The fraction of sp³-hybridized carbons (Fsp3) is 0.600. The van der Waals surface area contributed by atoms with Gasteiger partial charge in [-0.05, 0) is 49.3 Å². The minimum atomic E-state index is 0.196. The van der Waals surface area contributed by atoms with Crippen molar-refractivity contribution in [2.24, 2.45) is 17.2 Å². The summed E-state index contributed by atoms with van der Waals surface area (Å²) < 4.78 is 5.73. The first-order valence-electron chi connectivity index (χ1n) is 6.67. The van der Waals surface area contributed by atoms with Crippen molar-refractivity contribution in [3.05, 3.63) is 29.8 Å². The molecule has 18 heavy (non-hydrogen) atoms. The van der Waals surface area contributed by atoms with Crippen molar-refractivity contribution in [3.8, 4) is 5.75 Å². The zero-order valence-electron chi connectivity index (χ0n) is 11.7. The monoisotopic (exact) mass is 248 g/mol. The lowest BCUT2D eigenvalue weighted by Gasteiger charge is -2.19. The van der Waals surface area contributed by atoms with E-state index in [0.29, 0.717) is 11.3 Å². The summed E-state index contributed by atoms with van der Waals surface area (Å²) in [5.74, 6) is 7.25. The zero-order chi connectivity index (χ0) is 13.3. The molecule has 0 heterocycles. The molecular formula is C15H24N2O. The van der Waals surface area contributed by atoms with Gasteiger partial charge in [-0.2, -0.15) is 0 Å². The highest BCUT2D eigenvalue weighted by Gasteiger charge is 2.50. The molecule has 1 saturated carbocycles. The van der Waals surface area contributed by atoms with Crippen LogP contribution in [0.1, 0.15) is 45.7 Å². The summed E-state index contributed by atoms with van der Waals surface area (Å²) in [5.41, 5.74) is 4.57. The van der Waals surface area contributed by atoms with Gasteiger partial charge in [0, 0.05) is 6.04 Å². The number of rotatable bonds is 5. The molecule has 0 aromatic heterocycles. The third-order valence-corrected chi connectivity index (χ3v) is 3.76. The maximum Gasteiger partial charge on any atom is 0.120 e. The van der Waals surface area contributed by atoms with Gasteiger partial charge in [-0.15, -0.1) is 0 Å². The minimum absolute atomic E-state index is 0.196. The maximum atomic E-state index is 5.73. The second kappa shape index (κ2) is 4.90. The van der Waals surface area contributed by atoms with E-state index in [4.69, 9.17) is 10.6 Å². The first kappa shape index (κ1) is 13.4. The van der Waals surface area contributed by atoms with Crippen molar-refractivity contribution in [2.45, 2.75) is 46.3 Å². The SMILES string of the molecule is CC(C)Oc1cccc(C(NN)C2CC2(C)C)c1. The molecule has 0 aliphatic heterocycles. The largest absolute Gasteiger partial charge is 0.491 e. The van der Waals surface area contributed by atoms with E-state index >= 15 is 0 Å². The van der Waals surface area contributed by atoms with E-state index in [1.807, 2.05) is 26.0 Å². The number of benzene rings is 1. The van der Waals surface area contributed by atoms with Crippen LogP contribution in [0.4, 0.5) is 0 Å². The van der Waals surface area contributed by atoms with Gasteiger partial charge in [-0.1, -0.05) is 26.0 Å². The van der Waals surface area contributed by atoms with Crippen molar-refractivity contribution >= 4 is 0 Å². The lowest BCUT2D eigenvalue weighted by molar-refractivity contribution is 0.242. The van der Waals surface area contributed by atoms with Crippen molar-refractivity contribution in [3.63, 3.8) is 0 Å². The van der Waals surface area contributed by atoms with Crippen LogP contribution in [0.15, 0.2) is 24.3 Å². The van der Waals surface area contributed by atoms with Gasteiger partial charge in [0.2, 0.25) is 0 Å². The fourth-order valence-corrected chi connectivity index (χ4v) is 2.58. The number of hydrogen-bond acceptors (Lipinski definition) is 3. The van der Waals surface area contributed by atoms with Gasteiger partial charge < -0.3 is 4.74 Å². The van der Waals surface area contributed by atoms with Crippen molar-refractivity contribution in [1.29, 1.82) is 0 Å².